The Morgan fingerprint density at radius 1 is 1.06 bits per heavy atom. The van der Waals surface area contributed by atoms with Crippen LogP contribution >= 0.6 is 0 Å². The average Bonchev–Trinajstić information content (AvgIpc) is 3.42. The molecular formula is C27H29FN4O4. The Kier molecular flexibility index (Phi) is 6.97. The van der Waals surface area contributed by atoms with Crippen LogP contribution in [0.25, 0.3) is 0 Å². The molecule has 9 heteroatoms. The van der Waals surface area contributed by atoms with E-state index in [0.717, 1.165) is 24.7 Å². The van der Waals surface area contributed by atoms with E-state index < -0.39 is 17.8 Å². The minimum Gasteiger partial charge on any atom is -0.437 e. The number of carbonyl (C=O) groups excluding carboxylic acids is 3. The van der Waals surface area contributed by atoms with E-state index in [1.807, 2.05) is 17.0 Å². The van der Waals surface area contributed by atoms with E-state index in [9.17, 15) is 18.8 Å². The van der Waals surface area contributed by atoms with Crippen molar-refractivity contribution in [2.24, 2.45) is 11.0 Å². The predicted octanol–water partition coefficient (Wildman–Crippen LogP) is 3.27. The molecule has 2 amide bonds. The Labute approximate surface area is 209 Å². The van der Waals surface area contributed by atoms with E-state index in [4.69, 9.17) is 4.74 Å². The maximum absolute atomic E-state index is 14.7. The van der Waals surface area contributed by atoms with Gasteiger partial charge in [-0.05, 0) is 48.6 Å². The normalized spacial score (nSPS) is 19.8. The summed E-state index contributed by atoms with van der Waals surface area (Å²) >= 11 is 0. The van der Waals surface area contributed by atoms with Crippen molar-refractivity contribution in [1.82, 2.24) is 15.2 Å². The van der Waals surface area contributed by atoms with Crippen molar-refractivity contribution < 1.29 is 23.5 Å². The van der Waals surface area contributed by atoms with Gasteiger partial charge in [0.2, 0.25) is 11.8 Å². The van der Waals surface area contributed by atoms with Gasteiger partial charge in [-0.1, -0.05) is 31.0 Å². The summed E-state index contributed by atoms with van der Waals surface area (Å²) in [6, 6.07) is 10.6. The molecule has 2 heterocycles. The molecule has 3 aliphatic rings. The van der Waals surface area contributed by atoms with Gasteiger partial charge in [-0.2, -0.15) is 0 Å². The lowest BCUT2D eigenvalue weighted by molar-refractivity contribution is -0.133. The van der Waals surface area contributed by atoms with E-state index in [-0.39, 0.29) is 23.1 Å². The number of fused-ring (bicyclic) bond motifs is 1. The molecule has 0 bridgehead atoms. The van der Waals surface area contributed by atoms with Crippen molar-refractivity contribution in [2.75, 3.05) is 26.2 Å². The van der Waals surface area contributed by atoms with Gasteiger partial charge < -0.3 is 19.3 Å². The fraction of sp³-hybridized carbons (Fsp3) is 0.407. The van der Waals surface area contributed by atoms with E-state index in [1.165, 1.54) is 31.0 Å². The predicted molar refractivity (Wildman–Crippen MR) is 131 cm³/mol. The number of carbonyl (C=O) groups is 3. The Hall–Kier alpha value is -3.75. The lowest BCUT2D eigenvalue weighted by atomic mass is 10.0. The van der Waals surface area contributed by atoms with Crippen LogP contribution in [-0.4, -0.2) is 60.0 Å². The van der Waals surface area contributed by atoms with E-state index in [0.29, 0.717) is 44.1 Å². The molecule has 1 N–H and O–H groups in total. The third-order valence-electron chi connectivity index (χ3n) is 7.21. The number of piperazine rings is 1. The number of rotatable bonds is 5. The standard InChI is InChI=1S/C27H29FN4O4/c28-23-10-9-19(36-26-21-8-4-3-7-20(21)24(17-33)29-30-26)16-22(23)27(35)32-13-11-31(12-14-32)25(34)15-18-5-1-2-6-18/h3-4,7-10,16-18,24,29H,1-2,5-6,11-15H2. The zero-order valence-electron chi connectivity index (χ0n) is 20.0. The molecule has 188 valence electrons. The Bertz CT molecular complexity index is 1190. The van der Waals surface area contributed by atoms with Crippen LogP contribution in [-0.2, 0) is 9.59 Å². The summed E-state index contributed by atoms with van der Waals surface area (Å²) in [6.07, 6.45) is 5.98. The number of hydrazone groups is 1. The van der Waals surface area contributed by atoms with Crippen LogP contribution in [0, 0.1) is 11.7 Å². The number of ether oxygens (including phenoxy) is 1. The van der Waals surface area contributed by atoms with Gasteiger partial charge in [0, 0.05) is 38.2 Å². The van der Waals surface area contributed by atoms with Gasteiger partial charge >= 0.3 is 0 Å². The smallest absolute Gasteiger partial charge is 0.257 e. The number of aldehydes is 1. The lowest BCUT2D eigenvalue weighted by Crippen LogP contribution is -2.51. The van der Waals surface area contributed by atoms with E-state index >= 15 is 0 Å². The van der Waals surface area contributed by atoms with Crippen molar-refractivity contribution in [3.8, 4) is 5.75 Å². The second-order valence-corrected chi connectivity index (χ2v) is 9.52. The summed E-state index contributed by atoms with van der Waals surface area (Å²) in [5.41, 5.74) is 4.01. The van der Waals surface area contributed by atoms with Crippen molar-refractivity contribution in [3.63, 3.8) is 0 Å². The summed E-state index contributed by atoms with van der Waals surface area (Å²) in [5, 5.41) is 4.15. The van der Waals surface area contributed by atoms with Crippen LogP contribution in [0.1, 0.15) is 59.6 Å². The SMILES string of the molecule is O=CC1NN=C(Oc2ccc(F)c(C(=O)N3CCN(C(=O)CC4CCCC4)CC3)c2)c2ccccc21. The first kappa shape index (κ1) is 24.0. The quantitative estimate of drug-likeness (QED) is 0.647. The molecule has 1 unspecified atom stereocenters. The Morgan fingerprint density at radius 3 is 2.53 bits per heavy atom. The molecule has 1 aliphatic carbocycles. The van der Waals surface area contributed by atoms with Crippen LogP contribution in [0.5, 0.6) is 5.75 Å². The summed E-state index contributed by atoms with van der Waals surface area (Å²) in [7, 11) is 0. The van der Waals surface area contributed by atoms with Gasteiger partial charge in [-0.15, -0.1) is 5.10 Å². The van der Waals surface area contributed by atoms with Gasteiger partial charge in [-0.25, -0.2) is 4.39 Å². The van der Waals surface area contributed by atoms with E-state index in [2.05, 4.69) is 10.5 Å². The molecule has 1 saturated carbocycles. The van der Waals surface area contributed by atoms with Crippen molar-refractivity contribution >= 4 is 24.0 Å². The van der Waals surface area contributed by atoms with Crippen LogP contribution < -0.4 is 10.2 Å². The molecule has 36 heavy (non-hydrogen) atoms. The largest absolute Gasteiger partial charge is 0.437 e. The van der Waals surface area contributed by atoms with E-state index in [1.54, 1.807) is 17.0 Å². The summed E-state index contributed by atoms with van der Waals surface area (Å²) in [5.74, 6) is 0.0279. The number of hydrogen-bond acceptors (Lipinski definition) is 6. The van der Waals surface area contributed by atoms with Crippen molar-refractivity contribution in [3.05, 3.63) is 65.0 Å². The second kappa shape index (κ2) is 10.5. The lowest BCUT2D eigenvalue weighted by Gasteiger charge is -2.35. The minimum absolute atomic E-state index is 0.0957. The summed E-state index contributed by atoms with van der Waals surface area (Å²) in [6.45, 7) is 1.62. The zero-order valence-corrected chi connectivity index (χ0v) is 20.0. The zero-order chi connectivity index (χ0) is 25.1. The molecular weight excluding hydrogens is 463 g/mol. The second-order valence-electron chi connectivity index (χ2n) is 9.52. The summed E-state index contributed by atoms with van der Waals surface area (Å²) in [4.78, 5) is 40.5. The van der Waals surface area contributed by atoms with Crippen LogP contribution in [0.3, 0.4) is 0 Å². The van der Waals surface area contributed by atoms with Crippen LogP contribution in [0.4, 0.5) is 4.39 Å². The molecule has 0 spiro atoms. The number of benzene rings is 2. The third-order valence-corrected chi connectivity index (χ3v) is 7.21. The topological polar surface area (TPSA) is 91.3 Å². The number of amides is 2. The molecule has 1 saturated heterocycles. The summed E-state index contributed by atoms with van der Waals surface area (Å²) < 4.78 is 20.6. The monoisotopic (exact) mass is 492 g/mol. The highest BCUT2D eigenvalue weighted by Gasteiger charge is 2.29. The molecule has 2 fully saturated rings. The minimum atomic E-state index is -0.641. The molecule has 5 rings (SSSR count). The fourth-order valence-electron chi connectivity index (χ4n) is 5.17. The van der Waals surface area contributed by atoms with Gasteiger partial charge in [0.15, 0.2) is 0 Å². The first-order valence-electron chi connectivity index (χ1n) is 12.5. The molecule has 1 atom stereocenters. The molecule has 2 aromatic rings. The molecule has 8 nitrogen and oxygen atoms in total. The van der Waals surface area contributed by atoms with Crippen molar-refractivity contribution in [1.29, 1.82) is 0 Å². The molecule has 2 aliphatic heterocycles. The Morgan fingerprint density at radius 2 is 1.78 bits per heavy atom. The maximum atomic E-state index is 14.7. The third kappa shape index (κ3) is 4.96. The van der Waals surface area contributed by atoms with Crippen LogP contribution in [0.2, 0.25) is 0 Å². The number of halogens is 1. The molecule has 0 aromatic heterocycles. The number of nitrogens with zero attached hydrogens (tertiary/aromatic N) is 3. The van der Waals surface area contributed by atoms with Crippen molar-refractivity contribution in [2.45, 2.75) is 38.1 Å². The van der Waals surface area contributed by atoms with Crippen LogP contribution in [0.15, 0.2) is 47.6 Å². The van der Waals surface area contributed by atoms with Gasteiger partial charge in [-0.3, -0.25) is 15.0 Å². The highest BCUT2D eigenvalue weighted by Crippen LogP contribution is 2.29. The maximum Gasteiger partial charge on any atom is 0.257 e. The highest BCUT2D eigenvalue weighted by atomic mass is 19.1. The van der Waals surface area contributed by atoms with Gasteiger partial charge in [0.25, 0.3) is 5.91 Å². The average molecular weight is 493 g/mol. The highest BCUT2D eigenvalue weighted by molar-refractivity contribution is 5.99. The Balaban J connectivity index is 1.24. The first-order chi connectivity index (χ1) is 17.5. The first-order valence-corrected chi connectivity index (χ1v) is 12.5. The fourth-order valence-corrected chi connectivity index (χ4v) is 5.17. The number of hydrogen-bond donors (Lipinski definition) is 1. The van der Waals surface area contributed by atoms with Gasteiger partial charge in [0.05, 0.1) is 5.56 Å². The molecule has 0 radical (unpaired) electrons. The number of nitrogens with one attached hydrogen (secondary N) is 1. The van der Waals surface area contributed by atoms with Gasteiger partial charge in [0.1, 0.15) is 23.9 Å². The molecule has 2 aromatic carbocycles.